The van der Waals surface area contributed by atoms with Crippen LogP contribution >= 0.6 is 15.9 Å². The molecule has 0 amide bonds. The van der Waals surface area contributed by atoms with E-state index in [0.717, 1.165) is 15.9 Å². The highest BCUT2D eigenvalue weighted by atomic mass is 79.9. The molecule has 3 nitrogen and oxygen atoms in total. The molecule has 0 atom stereocenters. The van der Waals surface area contributed by atoms with Gasteiger partial charge in [-0.3, -0.25) is 0 Å². The molecule has 2 heterocycles. The quantitative estimate of drug-likeness (QED) is 0.740. The Balaban J connectivity index is 1.88. The molecule has 1 aromatic carbocycles. The number of rotatable bonds is 3. The fraction of sp³-hybridized carbons (Fsp3) is 0.143. The van der Waals surface area contributed by atoms with Crippen molar-refractivity contribution < 1.29 is 4.39 Å². The second kappa shape index (κ2) is 5.09. The first kappa shape index (κ1) is 12.3. The summed E-state index contributed by atoms with van der Waals surface area (Å²) >= 11 is 3.41. The van der Waals surface area contributed by atoms with Crippen molar-refractivity contribution in [1.29, 1.82) is 0 Å². The van der Waals surface area contributed by atoms with Crippen molar-refractivity contribution in [3.63, 3.8) is 0 Å². The van der Waals surface area contributed by atoms with Crippen molar-refractivity contribution in [1.82, 2.24) is 14.6 Å². The van der Waals surface area contributed by atoms with Crippen LogP contribution < -0.4 is 0 Å². The van der Waals surface area contributed by atoms with Gasteiger partial charge in [-0.05, 0) is 46.1 Å². The van der Waals surface area contributed by atoms with Gasteiger partial charge < -0.3 is 0 Å². The van der Waals surface area contributed by atoms with Crippen LogP contribution in [-0.2, 0) is 12.8 Å². The van der Waals surface area contributed by atoms with Crippen LogP contribution in [0.5, 0.6) is 0 Å². The van der Waals surface area contributed by atoms with Crippen LogP contribution in [0, 0.1) is 5.82 Å². The largest absolute Gasteiger partial charge is 0.224 e. The van der Waals surface area contributed by atoms with Crippen LogP contribution in [0.4, 0.5) is 4.39 Å². The molecule has 3 aromatic rings. The zero-order valence-electron chi connectivity index (χ0n) is 10.1. The molecule has 0 fully saturated rings. The minimum absolute atomic E-state index is 0.171. The Morgan fingerprint density at radius 1 is 1.11 bits per heavy atom. The van der Waals surface area contributed by atoms with E-state index < -0.39 is 0 Å². The number of hydrogen-bond acceptors (Lipinski definition) is 2. The van der Waals surface area contributed by atoms with Crippen LogP contribution in [0.3, 0.4) is 0 Å². The monoisotopic (exact) mass is 319 g/mol. The maximum absolute atomic E-state index is 13.6. The second-order valence-corrected chi connectivity index (χ2v) is 4.98. The lowest BCUT2D eigenvalue weighted by Gasteiger charge is -2.02. The number of halogens is 2. The fourth-order valence-electron chi connectivity index (χ4n) is 2.06. The van der Waals surface area contributed by atoms with Gasteiger partial charge in [-0.25, -0.2) is 13.9 Å². The Labute approximate surface area is 118 Å². The number of fused-ring (bicyclic) bond motifs is 1. The van der Waals surface area contributed by atoms with Crippen molar-refractivity contribution in [3.8, 4) is 0 Å². The summed E-state index contributed by atoms with van der Waals surface area (Å²) in [4.78, 5) is 4.43. The molecule has 19 heavy (non-hydrogen) atoms. The maximum Gasteiger partial charge on any atom is 0.134 e. The number of aryl methyl sites for hydroxylation is 2. The summed E-state index contributed by atoms with van der Waals surface area (Å²) in [6.07, 6.45) is 2.97. The molecule has 0 saturated heterocycles. The van der Waals surface area contributed by atoms with Gasteiger partial charge in [-0.2, -0.15) is 5.10 Å². The lowest BCUT2D eigenvalue weighted by Crippen LogP contribution is -2.01. The van der Waals surface area contributed by atoms with Gasteiger partial charge in [0.1, 0.15) is 16.2 Å². The molecule has 0 radical (unpaired) electrons. The van der Waals surface area contributed by atoms with E-state index >= 15 is 0 Å². The molecule has 5 heteroatoms. The number of aromatic nitrogens is 3. The van der Waals surface area contributed by atoms with Crippen LogP contribution in [0.2, 0.25) is 0 Å². The molecular formula is C14H11BrFN3. The first-order valence-corrected chi connectivity index (χ1v) is 6.76. The van der Waals surface area contributed by atoms with E-state index in [1.165, 1.54) is 6.07 Å². The van der Waals surface area contributed by atoms with E-state index in [0.29, 0.717) is 18.4 Å². The van der Waals surface area contributed by atoms with Crippen molar-refractivity contribution in [2.24, 2.45) is 0 Å². The van der Waals surface area contributed by atoms with Gasteiger partial charge in [-0.15, -0.1) is 0 Å². The van der Waals surface area contributed by atoms with Crippen molar-refractivity contribution >= 4 is 21.4 Å². The zero-order valence-corrected chi connectivity index (χ0v) is 11.6. The molecule has 0 spiro atoms. The Morgan fingerprint density at radius 3 is 2.79 bits per heavy atom. The predicted octanol–water partition coefficient (Wildman–Crippen LogP) is 3.42. The smallest absolute Gasteiger partial charge is 0.134 e. The first-order chi connectivity index (χ1) is 9.25. The van der Waals surface area contributed by atoms with E-state index in [1.807, 2.05) is 18.2 Å². The summed E-state index contributed by atoms with van der Waals surface area (Å²) < 4.78 is 16.1. The van der Waals surface area contributed by atoms with Crippen molar-refractivity contribution in [3.05, 3.63) is 64.4 Å². The molecule has 0 N–H and O–H groups in total. The van der Waals surface area contributed by atoms with E-state index in [1.54, 1.807) is 22.8 Å². The van der Waals surface area contributed by atoms with Gasteiger partial charge >= 0.3 is 0 Å². The van der Waals surface area contributed by atoms with Gasteiger partial charge in [0, 0.05) is 12.6 Å². The molecule has 0 aliphatic rings. The van der Waals surface area contributed by atoms with Gasteiger partial charge in [0.05, 0.1) is 5.52 Å². The number of nitrogens with zero attached hydrogens (tertiary/aromatic N) is 3. The lowest BCUT2D eigenvalue weighted by molar-refractivity contribution is 0.606. The molecular weight excluding hydrogens is 309 g/mol. The Bertz CT molecular complexity index is 724. The van der Waals surface area contributed by atoms with Crippen LogP contribution in [-0.4, -0.2) is 14.6 Å². The lowest BCUT2D eigenvalue weighted by atomic mass is 10.1. The van der Waals surface area contributed by atoms with Crippen LogP contribution in [0.1, 0.15) is 11.4 Å². The topological polar surface area (TPSA) is 30.2 Å². The van der Waals surface area contributed by atoms with E-state index in [2.05, 4.69) is 26.0 Å². The average Bonchev–Trinajstić information content (AvgIpc) is 2.75. The molecule has 0 saturated carbocycles. The summed E-state index contributed by atoms with van der Waals surface area (Å²) in [7, 11) is 0. The first-order valence-electron chi connectivity index (χ1n) is 5.97. The maximum atomic E-state index is 13.6. The second-order valence-electron chi connectivity index (χ2n) is 4.23. The highest BCUT2D eigenvalue weighted by Crippen LogP contribution is 2.19. The van der Waals surface area contributed by atoms with Gasteiger partial charge in [0.15, 0.2) is 0 Å². The highest BCUT2D eigenvalue weighted by Gasteiger charge is 2.10. The Kier molecular flexibility index (Phi) is 3.29. The summed E-state index contributed by atoms with van der Waals surface area (Å²) in [5.41, 5.74) is 1.62. The summed E-state index contributed by atoms with van der Waals surface area (Å²) in [6.45, 7) is 0. The summed E-state index contributed by atoms with van der Waals surface area (Å²) in [5, 5.41) is 4.27. The molecule has 0 aliphatic carbocycles. The molecule has 3 rings (SSSR count). The van der Waals surface area contributed by atoms with Crippen LogP contribution in [0.25, 0.3) is 5.52 Å². The standard InChI is InChI=1S/C14H11BrFN3/c15-14-12-6-3-9-17-19(12)13(18-14)8-7-10-4-1-2-5-11(10)16/h1-6,9H,7-8H2. The van der Waals surface area contributed by atoms with E-state index in [9.17, 15) is 4.39 Å². The fourth-order valence-corrected chi connectivity index (χ4v) is 2.57. The Morgan fingerprint density at radius 2 is 1.95 bits per heavy atom. The normalized spacial score (nSPS) is 11.1. The third-order valence-electron chi connectivity index (χ3n) is 3.01. The number of hydrogen-bond donors (Lipinski definition) is 0. The summed E-state index contributed by atoms with van der Waals surface area (Å²) in [6, 6.07) is 10.6. The van der Waals surface area contributed by atoms with Gasteiger partial charge in [0.2, 0.25) is 0 Å². The molecule has 0 bridgehead atoms. The highest BCUT2D eigenvalue weighted by molar-refractivity contribution is 9.10. The number of benzene rings is 1. The SMILES string of the molecule is Fc1ccccc1CCc1nc(Br)c2cccnn12. The summed E-state index contributed by atoms with van der Waals surface area (Å²) in [5.74, 6) is 0.654. The zero-order chi connectivity index (χ0) is 13.2. The third-order valence-corrected chi connectivity index (χ3v) is 3.59. The average molecular weight is 320 g/mol. The molecule has 0 aliphatic heterocycles. The predicted molar refractivity (Wildman–Crippen MR) is 74.5 cm³/mol. The minimum Gasteiger partial charge on any atom is -0.224 e. The van der Waals surface area contributed by atoms with Crippen molar-refractivity contribution in [2.75, 3.05) is 0 Å². The van der Waals surface area contributed by atoms with Crippen LogP contribution in [0.15, 0.2) is 47.2 Å². The Hall–Kier alpha value is -1.75. The van der Waals surface area contributed by atoms with Gasteiger partial charge in [-0.1, -0.05) is 18.2 Å². The molecule has 0 unspecified atom stereocenters. The third kappa shape index (κ3) is 2.38. The van der Waals surface area contributed by atoms with Crippen molar-refractivity contribution in [2.45, 2.75) is 12.8 Å². The molecule has 96 valence electrons. The van der Waals surface area contributed by atoms with E-state index in [-0.39, 0.29) is 5.82 Å². The molecule has 2 aromatic heterocycles. The van der Waals surface area contributed by atoms with Gasteiger partial charge in [0.25, 0.3) is 0 Å². The van der Waals surface area contributed by atoms with E-state index in [4.69, 9.17) is 0 Å². The minimum atomic E-state index is -0.171. The number of imidazole rings is 1.